The van der Waals surface area contributed by atoms with Gasteiger partial charge in [-0.15, -0.1) is 21.5 Å². The molecule has 4 nitrogen and oxygen atoms in total. The number of hydrogen-bond acceptors (Lipinski definition) is 4. The van der Waals surface area contributed by atoms with Gasteiger partial charge in [-0.05, 0) is 37.9 Å². The van der Waals surface area contributed by atoms with Crippen LogP contribution in [-0.4, -0.2) is 19.6 Å². The van der Waals surface area contributed by atoms with Crippen LogP contribution < -0.4 is 0 Å². The smallest absolute Gasteiger partial charge is 0.171 e. The molecule has 0 saturated carbocycles. The van der Waals surface area contributed by atoms with Crippen molar-refractivity contribution in [1.29, 1.82) is 0 Å². The Balaban J connectivity index is 2.28. The lowest BCUT2D eigenvalue weighted by Crippen LogP contribution is -1.90. The fourth-order valence-electron chi connectivity index (χ4n) is 1.45. The van der Waals surface area contributed by atoms with Crippen molar-refractivity contribution in [1.82, 2.24) is 19.6 Å². The van der Waals surface area contributed by atoms with Gasteiger partial charge in [-0.1, -0.05) is 11.6 Å². The van der Waals surface area contributed by atoms with Crippen molar-refractivity contribution in [2.75, 3.05) is 0 Å². The molecule has 0 unspecified atom stereocenters. The number of halogens is 3. The van der Waals surface area contributed by atoms with Crippen LogP contribution in [0.1, 0.15) is 0 Å². The molecule has 3 heterocycles. The first-order valence-corrected chi connectivity index (χ1v) is 7.24. The molecule has 0 aliphatic heterocycles. The van der Waals surface area contributed by atoms with E-state index >= 15 is 0 Å². The molecule has 0 saturated heterocycles. The van der Waals surface area contributed by atoms with Gasteiger partial charge in [-0.2, -0.15) is 0 Å². The molecule has 17 heavy (non-hydrogen) atoms. The highest BCUT2D eigenvalue weighted by Crippen LogP contribution is 2.37. The van der Waals surface area contributed by atoms with Crippen molar-refractivity contribution in [2.24, 2.45) is 0 Å². The molecule has 0 bridgehead atoms. The van der Waals surface area contributed by atoms with Crippen LogP contribution in [0.5, 0.6) is 0 Å². The monoisotopic (exact) mass is 392 g/mol. The number of hydrogen-bond donors (Lipinski definition) is 0. The zero-order valence-electron chi connectivity index (χ0n) is 8.06. The average Bonchev–Trinajstić information content (AvgIpc) is 2.81. The summed E-state index contributed by atoms with van der Waals surface area (Å²) in [5, 5.41) is 8.62. The van der Waals surface area contributed by atoms with Gasteiger partial charge in [-0.25, -0.2) is 4.98 Å². The van der Waals surface area contributed by atoms with E-state index in [1.807, 2.05) is 6.07 Å². The van der Waals surface area contributed by atoms with Gasteiger partial charge in [0.15, 0.2) is 11.5 Å². The maximum Gasteiger partial charge on any atom is 0.171 e. The second kappa shape index (κ2) is 4.31. The third kappa shape index (κ3) is 2.01. The zero-order chi connectivity index (χ0) is 12.0. The molecule has 0 atom stereocenters. The minimum atomic E-state index is 0.405. The van der Waals surface area contributed by atoms with Crippen LogP contribution in [0.4, 0.5) is 0 Å². The lowest BCUT2D eigenvalue weighted by molar-refractivity contribution is 1.08. The minimum Gasteiger partial charge on any atom is -0.265 e. The first kappa shape index (κ1) is 11.6. The topological polar surface area (TPSA) is 43.1 Å². The van der Waals surface area contributed by atoms with Gasteiger partial charge in [0, 0.05) is 11.6 Å². The van der Waals surface area contributed by atoms with Gasteiger partial charge in [0.25, 0.3) is 0 Å². The standard InChI is InChI=1S/C9H3Br2ClN4S/c10-5-1-4(8(11)17-5)9-15-14-7-2-6(12)13-3-16(7)9/h1-3H. The molecule has 0 spiro atoms. The fourth-order valence-corrected chi connectivity index (χ4v) is 4.38. The molecule has 3 rings (SSSR count). The third-order valence-electron chi connectivity index (χ3n) is 2.16. The molecular formula is C9H3Br2ClN4S. The Bertz CT molecular complexity index is 708. The van der Waals surface area contributed by atoms with E-state index in [0.29, 0.717) is 10.8 Å². The minimum absolute atomic E-state index is 0.405. The Labute approximate surface area is 122 Å². The highest BCUT2D eigenvalue weighted by Gasteiger charge is 2.14. The predicted molar refractivity (Wildman–Crippen MR) is 74.5 cm³/mol. The molecule has 0 radical (unpaired) electrons. The Kier molecular flexibility index (Phi) is 2.94. The van der Waals surface area contributed by atoms with E-state index in [0.717, 1.165) is 19.0 Å². The van der Waals surface area contributed by atoms with Gasteiger partial charge in [0.1, 0.15) is 11.5 Å². The van der Waals surface area contributed by atoms with Gasteiger partial charge >= 0.3 is 0 Å². The van der Waals surface area contributed by atoms with Crippen molar-refractivity contribution >= 4 is 60.4 Å². The maximum absolute atomic E-state index is 5.80. The number of rotatable bonds is 1. The summed E-state index contributed by atoms with van der Waals surface area (Å²) in [7, 11) is 0. The molecule has 8 heteroatoms. The number of fused-ring (bicyclic) bond motifs is 1. The summed E-state index contributed by atoms with van der Waals surface area (Å²) in [5.41, 5.74) is 1.65. The van der Waals surface area contributed by atoms with Crippen LogP contribution in [0.3, 0.4) is 0 Å². The fraction of sp³-hybridized carbons (Fsp3) is 0. The number of nitrogens with zero attached hydrogens (tertiary/aromatic N) is 4. The molecule has 3 aromatic heterocycles. The van der Waals surface area contributed by atoms with Crippen LogP contribution in [-0.2, 0) is 0 Å². The summed E-state index contributed by atoms with van der Waals surface area (Å²) < 4.78 is 3.82. The maximum atomic E-state index is 5.80. The van der Waals surface area contributed by atoms with Crippen molar-refractivity contribution in [3.8, 4) is 11.4 Å². The van der Waals surface area contributed by atoms with E-state index in [9.17, 15) is 0 Å². The Morgan fingerprint density at radius 2 is 2.06 bits per heavy atom. The molecular weight excluding hydrogens is 391 g/mol. The van der Waals surface area contributed by atoms with Crippen LogP contribution >= 0.6 is 54.8 Å². The quantitative estimate of drug-likeness (QED) is 0.585. The van der Waals surface area contributed by atoms with E-state index in [1.54, 1.807) is 28.1 Å². The van der Waals surface area contributed by atoms with Crippen LogP contribution in [0.15, 0.2) is 26.0 Å². The van der Waals surface area contributed by atoms with Crippen LogP contribution in [0.25, 0.3) is 17.0 Å². The summed E-state index contributed by atoms with van der Waals surface area (Å²) in [6.07, 6.45) is 1.62. The van der Waals surface area contributed by atoms with E-state index in [2.05, 4.69) is 47.0 Å². The van der Waals surface area contributed by atoms with E-state index < -0.39 is 0 Å². The number of thiophene rings is 1. The Morgan fingerprint density at radius 1 is 1.24 bits per heavy atom. The summed E-state index contributed by atoms with van der Waals surface area (Å²) in [5.74, 6) is 0.734. The molecule has 86 valence electrons. The lowest BCUT2D eigenvalue weighted by Gasteiger charge is -1.97. The highest BCUT2D eigenvalue weighted by molar-refractivity contribution is 9.12. The summed E-state index contributed by atoms with van der Waals surface area (Å²) in [4.78, 5) is 4.03. The van der Waals surface area contributed by atoms with Gasteiger partial charge in [0.2, 0.25) is 0 Å². The molecule has 0 aliphatic rings. The largest absolute Gasteiger partial charge is 0.265 e. The molecule has 0 aromatic carbocycles. The second-order valence-corrected chi connectivity index (χ2v) is 7.34. The van der Waals surface area contributed by atoms with E-state index in [4.69, 9.17) is 11.6 Å². The molecule has 0 N–H and O–H groups in total. The third-order valence-corrected chi connectivity index (χ3v) is 4.71. The lowest BCUT2D eigenvalue weighted by atomic mass is 10.3. The number of aromatic nitrogens is 4. The van der Waals surface area contributed by atoms with Gasteiger partial charge < -0.3 is 0 Å². The first-order chi connectivity index (χ1) is 8.15. The summed E-state index contributed by atoms with van der Waals surface area (Å²) in [6, 6.07) is 3.66. The normalized spacial score (nSPS) is 11.2. The second-order valence-electron chi connectivity index (χ2n) is 3.20. The van der Waals surface area contributed by atoms with Crippen molar-refractivity contribution in [3.63, 3.8) is 0 Å². The Hall–Kier alpha value is -0.500. The summed E-state index contributed by atoms with van der Waals surface area (Å²) in [6.45, 7) is 0. The van der Waals surface area contributed by atoms with Crippen molar-refractivity contribution < 1.29 is 0 Å². The Morgan fingerprint density at radius 3 is 2.76 bits per heavy atom. The molecule has 0 fully saturated rings. The van der Waals surface area contributed by atoms with Crippen LogP contribution in [0, 0.1) is 0 Å². The van der Waals surface area contributed by atoms with Gasteiger partial charge in [-0.3, -0.25) is 4.40 Å². The summed E-state index contributed by atoms with van der Waals surface area (Å²) >= 11 is 14.3. The van der Waals surface area contributed by atoms with E-state index in [1.165, 1.54) is 0 Å². The predicted octanol–water partition coefficient (Wildman–Crippen LogP) is 4.03. The van der Waals surface area contributed by atoms with Crippen LogP contribution in [0.2, 0.25) is 5.15 Å². The first-order valence-electron chi connectivity index (χ1n) is 4.46. The molecule has 0 aliphatic carbocycles. The van der Waals surface area contributed by atoms with Gasteiger partial charge in [0.05, 0.1) is 7.57 Å². The van der Waals surface area contributed by atoms with Crippen molar-refractivity contribution in [2.45, 2.75) is 0 Å². The van der Waals surface area contributed by atoms with Crippen molar-refractivity contribution in [3.05, 3.63) is 31.2 Å². The average molecular weight is 394 g/mol. The zero-order valence-corrected chi connectivity index (χ0v) is 12.8. The molecule has 0 amide bonds. The highest BCUT2D eigenvalue weighted by atomic mass is 79.9. The van der Waals surface area contributed by atoms with E-state index in [-0.39, 0.29) is 0 Å². The SMILES string of the molecule is Clc1cc2nnc(-c3cc(Br)sc3Br)n2cn1. The molecule has 3 aromatic rings.